The predicted molar refractivity (Wildman–Crippen MR) is 141 cm³/mol. The van der Waals surface area contributed by atoms with Gasteiger partial charge in [-0.1, -0.05) is 109 Å². The number of aliphatic carboxylic acids is 1. The molecule has 4 aromatic rings. The maximum absolute atomic E-state index is 14.2. The van der Waals surface area contributed by atoms with Gasteiger partial charge >= 0.3 is 5.97 Å². The average Bonchev–Trinajstić information content (AvgIpc) is 2.93. The van der Waals surface area contributed by atoms with Crippen LogP contribution in [0.1, 0.15) is 23.1 Å². The van der Waals surface area contributed by atoms with Crippen molar-refractivity contribution >= 4 is 22.7 Å². The van der Waals surface area contributed by atoms with E-state index in [0.717, 1.165) is 16.7 Å². The van der Waals surface area contributed by atoms with Crippen LogP contribution in [0.15, 0.2) is 126 Å². The summed E-state index contributed by atoms with van der Waals surface area (Å²) in [4.78, 5) is 27.1. The molecule has 0 unspecified atom stereocenters. The van der Waals surface area contributed by atoms with Crippen LogP contribution in [0.25, 0.3) is 0 Å². The summed E-state index contributed by atoms with van der Waals surface area (Å²) in [5, 5.41) is 12.8. The van der Waals surface area contributed by atoms with Gasteiger partial charge in [0.15, 0.2) is 0 Å². The van der Waals surface area contributed by atoms with E-state index in [-0.39, 0.29) is 12.2 Å². The fourth-order valence-corrected chi connectivity index (χ4v) is 5.54. The van der Waals surface area contributed by atoms with Gasteiger partial charge in [0.1, 0.15) is 11.5 Å². The standard InChI is InChI=1S/C30H27NO4S/c32-28(33)27(21-22-36(35)26-19-11-4-12-20-26)31-29(34)30(23-13-5-1-6-14-23,24-15-7-2-8-16-24)25-17-9-3-10-18-25/h1-20,27H,21-22H2,(H,31,34)(H,32,33)/t27-,36-/m1/s1. The molecule has 0 aliphatic rings. The van der Waals surface area contributed by atoms with Crippen molar-refractivity contribution in [1.82, 2.24) is 5.32 Å². The summed E-state index contributed by atoms with van der Waals surface area (Å²) in [6.45, 7) is 0. The maximum Gasteiger partial charge on any atom is 0.326 e. The van der Waals surface area contributed by atoms with E-state index in [0.29, 0.717) is 4.90 Å². The van der Waals surface area contributed by atoms with Crippen LogP contribution in [0.3, 0.4) is 0 Å². The van der Waals surface area contributed by atoms with Crippen molar-refractivity contribution in [2.45, 2.75) is 22.8 Å². The zero-order chi connectivity index (χ0) is 25.4. The lowest BCUT2D eigenvalue weighted by Crippen LogP contribution is -2.52. The first-order valence-corrected chi connectivity index (χ1v) is 13.0. The minimum absolute atomic E-state index is 0.0248. The molecule has 0 aliphatic heterocycles. The Hall–Kier alpha value is -4.03. The Labute approximate surface area is 213 Å². The summed E-state index contributed by atoms with van der Waals surface area (Å²) in [5.41, 5.74) is 0.876. The second kappa shape index (κ2) is 11.6. The molecular formula is C30H27NO4S. The molecule has 6 heteroatoms. The Bertz CT molecular complexity index is 1220. The van der Waals surface area contributed by atoms with Crippen molar-refractivity contribution in [2.24, 2.45) is 0 Å². The summed E-state index contributed by atoms with van der Waals surface area (Å²) < 4.78 is 12.7. The molecule has 0 radical (unpaired) electrons. The van der Waals surface area contributed by atoms with E-state index in [2.05, 4.69) is 5.32 Å². The summed E-state index contributed by atoms with van der Waals surface area (Å²) in [6.07, 6.45) is 0.0248. The van der Waals surface area contributed by atoms with Gasteiger partial charge in [-0.3, -0.25) is 9.00 Å². The predicted octanol–water partition coefficient (Wildman–Crippen LogP) is 4.79. The minimum atomic E-state index is -1.38. The van der Waals surface area contributed by atoms with Gasteiger partial charge in [-0.25, -0.2) is 4.79 Å². The number of benzene rings is 4. The van der Waals surface area contributed by atoms with Crippen molar-refractivity contribution in [2.75, 3.05) is 5.75 Å². The quantitative estimate of drug-likeness (QED) is 0.309. The third-order valence-corrected chi connectivity index (χ3v) is 7.57. The van der Waals surface area contributed by atoms with E-state index in [4.69, 9.17) is 0 Å². The van der Waals surface area contributed by atoms with Gasteiger partial charge < -0.3 is 10.4 Å². The van der Waals surface area contributed by atoms with Crippen LogP contribution >= 0.6 is 0 Å². The Morgan fingerprint density at radius 2 is 1.08 bits per heavy atom. The van der Waals surface area contributed by atoms with Crippen LogP contribution in [0.5, 0.6) is 0 Å². The molecule has 0 heterocycles. The van der Waals surface area contributed by atoms with E-state index in [9.17, 15) is 18.9 Å². The summed E-state index contributed by atoms with van der Waals surface area (Å²) >= 11 is 0. The number of nitrogens with one attached hydrogen (secondary N) is 1. The van der Waals surface area contributed by atoms with Gasteiger partial charge in [-0.15, -0.1) is 0 Å². The van der Waals surface area contributed by atoms with E-state index < -0.39 is 34.1 Å². The zero-order valence-electron chi connectivity index (χ0n) is 19.6. The van der Waals surface area contributed by atoms with Gasteiger partial charge in [0.2, 0.25) is 5.91 Å². The monoisotopic (exact) mass is 497 g/mol. The third-order valence-electron chi connectivity index (χ3n) is 6.16. The molecule has 5 nitrogen and oxygen atoms in total. The highest BCUT2D eigenvalue weighted by molar-refractivity contribution is 7.85. The minimum Gasteiger partial charge on any atom is -0.480 e. The maximum atomic E-state index is 14.2. The molecule has 2 N–H and O–H groups in total. The van der Waals surface area contributed by atoms with E-state index >= 15 is 0 Å². The van der Waals surface area contributed by atoms with Crippen LogP contribution in [-0.2, 0) is 25.8 Å². The topological polar surface area (TPSA) is 83.5 Å². The van der Waals surface area contributed by atoms with Gasteiger partial charge in [0.05, 0.1) is 10.8 Å². The molecule has 0 bridgehead atoms. The first-order chi connectivity index (χ1) is 17.5. The fraction of sp³-hybridized carbons (Fsp3) is 0.133. The summed E-state index contributed by atoms with van der Waals surface area (Å²) in [7, 11) is -1.38. The molecule has 36 heavy (non-hydrogen) atoms. The lowest BCUT2D eigenvalue weighted by Gasteiger charge is -2.35. The van der Waals surface area contributed by atoms with E-state index in [1.54, 1.807) is 24.3 Å². The molecule has 0 spiro atoms. The van der Waals surface area contributed by atoms with Crippen molar-refractivity contribution in [3.8, 4) is 0 Å². The molecule has 0 aliphatic carbocycles. The first-order valence-electron chi connectivity index (χ1n) is 11.7. The Morgan fingerprint density at radius 3 is 1.47 bits per heavy atom. The van der Waals surface area contributed by atoms with Crippen LogP contribution in [0, 0.1) is 0 Å². The molecule has 0 fully saturated rings. The van der Waals surface area contributed by atoms with Crippen molar-refractivity contribution in [3.05, 3.63) is 138 Å². The number of amides is 1. The lowest BCUT2D eigenvalue weighted by atomic mass is 9.68. The SMILES string of the molecule is O=C(O)[C@@H](CC[S@@](=O)c1ccccc1)NC(=O)C(c1ccccc1)(c1ccccc1)c1ccccc1. The number of carboxylic acid groups (broad SMARTS) is 1. The highest BCUT2D eigenvalue weighted by Crippen LogP contribution is 2.39. The van der Waals surface area contributed by atoms with Crippen LogP contribution in [0.2, 0.25) is 0 Å². The zero-order valence-corrected chi connectivity index (χ0v) is 20.4. The Morgan fingerprint density at radius 1 is 0.694 bits per heavy atom. The number of carboxylic acids is 1. The molecular weight excluding hydrogens is 470 g/mol. The Kier molecular flexibility index (Phi) is 8.08. The van der Waals surface area contributed by atoms with Gasteiger partial charge in [-0.05, 0) is 35.2 Å². The Balaban J connectivity index is 1.73. The highest BCUT2D eigenvalue weighted by Gasteiger charge is 2.45. The number of rotatable bonds is 10. The van der Waals surface area contributed by atoms with Crippen molar-refractivity contribution in [1.29, 1.82) is 0 Å². The van der Waals surface area contributed by atoms with Crippen LogP contribution in [-0.4, -0.2) is 33.0 Å². The number of hydrogen-bond donors (Lipinski definition) is 2. The summed E-state index contributed by atoms with van der Waals surface area (Å²) in [5.74, 6) is -1.52. The highest BCUT2D eigenvalue weighted by atomic mass is 32.2. The smallest absolute Gasteiger partial charge is 0.326 e. The van der Waals surface area contributed by atoms with Gasteiger partial charge in [-0.2, -0.15) is 0 Å². The first kappa shape index (κ1) is 25.1. The van der Waals surface area contributed by atoms with Gasteiger partial charge in [0.25, 0.3) is 0 Å². The molecule has 2 atom stereocenters. The molecule has 1 amide bonds. The number of carbonyl (C=O) groups is 2. The normalized spacial score (nSPS) is 12.9. The summed E-state index contributed by atoms with van der Waals surface area (Å²) in [6, 6.07) is 35.7. The molecule has 0 saturated carbocycles. The molecule has 0 saturated heterocycles. The van der Waals surface area contributed by atoms with E-state index in [1.165, 1.54) is 0 Å². The molecule has 4 rings (SSSR count). The fourth-order valence-electron chi connectivity index (χ4n) is 4.40. The molecule has 0 aromatic heterocycles. The van der Waals surface area contributed by atoms with Crippen LogP contribution in [0.4, 0.5) is 0 Å². The average molecular weight is 498 g/mol. The van der Waals surface area contributed by atoms with Gasteiger partial charge in [0, 0.05) is 10.6 Å². The number of carbonyl (C=O) groups excluding carboxylic acids is 1. The second-order valence-corrected chi connectivity index (χ2v) is 9.93. The third kappa shape index (κ3) is 5.29. The molecule has 182 valence electrons. The van der Waals surface area contributed by atoms with Crippen LogP contribution < -0.4 is 5.32 Å². The number of hydrogen-bond acceptors (Lipinski definition) is 3. The largest absolute Gasteiger partial charge is 0.480 e. The lowest BCUT2D eigenvalue weighted by molar-refractivity contribution is -0.142. The van der Waals surface area contributed by atoms with Crippen molar-refractivity contribution < 1.29 is 18.9 Å². The van der Waals surface area contributed by atoms with E-state index in [1.807, 2.05) is 97.1 Å². The second-order valence-electron chi connectivity index (χ2n) is 8.36. The van der Waals surface area contributed by atoms with Crippen molar-refractivity contribution in [3.63, 3.8) is 0 Å². The molecule has 4 aromatic carbocycles.